The lowest BCUT2D eigenvalue weighted by molar-refractivity contribution is -0.134. The molecular weight excluding hydrogens is 436 g/mol. The molecule has 2 heterocycles. The zero-order chi connectivity index (χ0) is 21.6. The summed E-state index contributed by atoms with van der Waals surface area (Å²) in [6.45, 7) is 4.47. The molecule has 4 rings (SSSR count). The van der Waals surface area contributed by atoms with Gasteiger partial charge in [0.1, 0.15) is 12.4 Å². The first-order valence-electron chi connectivity index (χ1n) is 10.0. The van der Waals surface area contributed by atoms with Gasteiger partial charge < -0.3 is 14.4 Å². The topological polar surface area (TPSA) is 69.5 Å². The standard InChI is InChI=1S/C22H23ClN4O3S/c1-16(21(28)26-11-13-29-14-12-26)31-22-25-24-20(27(22)17-7-3-2-4-8-17)15-30-19-10-6-5-9-18(19)23/h2-10,16H,11-15H2,1H3. The molecule has 3 aromatic rings. The molecule has 31 heavy (non-hydrogen) atoms. The Hall–Kier alpha value is -2.55. The molecule has 0 spiro atoms. The maximum atomic E-state index is 12.9. The number of nitrogens with zero attached hydrogens (tertiary/aromatic N) is 4. The van der Waals surface area contributed by atoms with Crippen LogP contribution in [0.4, 0.5) is 0 Å². The number of aromatic nitrogens is 3. The van der Waals surface area contributed by atoms with E-state index in [2.05, 4.69) is 10.2 Å². The van der Waals surface area contributed by atoms with Gasteiger partial charge in [0, 0.05) is 18.8 Å². The van der Waals surface area contributed by atoms with Crippen LogP contribution in [-0.2, 0) is 16.1 Å². The number of rotatable bonds is 7. The van der Waals surface area contributed by atoms with Crippen LogP contribution in [0.2, 0.25) is 5.02 Å². The molecule has 0 bridgehead atoms. The molecule has 1 atom stereocenters. The van der Waals surface area contributed by atoms with Crippen LogP contribution in [0.5, 0.6) is 5.75 Å². The lowest BCUT2D eigenvalue weighted by Crippen LogP contribution is -2.44. The number of halogens is 1. The second kappa shape index (κ2) is 10.2. The van der Waals surface area contributed by atoms with E-state index in [0.29, 0.717) is 48.1 Å². The minimum atomic E-state index is -0.304. The van der Waals surface area contributed by atoms with Gasteiger partial charge in [0.15, 0.2) is 11.0 Å². The van der Waals surface area contributed by atoms with Gasteiger partial charge in [-0.05, 0) is 31.2 Å². The third-order valence-electron chi connectivity index (χ3n) is 4.86. The summed E-state index contributed by atoms with van der Waals surface area (Å²) in [7, 11) is 0. The Morgan fingerprint density at radius 3 is 2.58 bits per heavy atom. The van der Waals surface area contributed by atoms with Gasteiger partial charge in [-0.1, -0.05) is 53.7 Å². The molecule has 162 valence electrons. The van der Waals surface area contributed by atoms with Crippen LogP contribution in [-0.4, -0.2) is 57.1 Å². The SMILES string of the molecule is CC(Sc1nnc(COc2ccccc2Cl)n1-c1ccccc1)C(=O)N1CCOCC1. The number of ether oxygens (including phenoxy) is 2. The molecule has 1 aliphatic heterocycles. The van der Waals surface area contributed by atoms with E-state index in [-0.39, 0.29) is 17.8 Å². The molecule has 1 aliphatic rings. The fourth-order valence-electron chi connectivity index (χ4n) is 3.26. The molecule has 0 radical (unpaired) electrons. The summed E-state index contributed by atoms with van der Waals surface area (Å²) in [5, 5.41) is 9.57. The van der Waals surface area contributed by atoms with E-state index >= 15 is 0 Å². The van der Waals surface area contributed by atoms with Gasteiger partial charge in [-0.25, -0.2) is 0 Å². The molecule has 1 fully saturated rings. The molecule has 2 aromatic carbocycles. The van der Waals surface area contributed by atoms with Crippen molar-refractivity contribution < 1.29 is 14.3 Å². The van der Waals surface area contributed by atoms with E-state index in [1.165, 1.54) is 11.8 Å². The molecular formula is C22H23ClN4O3S. The number of carbonyl (C=O) groups is 1. The van der Waals surface area contributed by atoms with Gasteiger partial charge >= 0.3 is 0 Å². The molecule has 1 saturated heterocycles. The molecule has 0 saturated carbocycles. The number of morpholine rings is 1. The minimum Gasteiger partial charge on any atom is -0.484 e. The maximum absolute atomic E-state index is 12.9. The van der Waals surface area contributed by atoms with Gasteiger partial charge in [0.05, 0.1) is 23.5 Å². The van der Waals surface area contributed by atoms with E-state index in [1.807, 2.05) is 64.9 Å². The van der Waals surface area contributed by atoms with Gasteiger partial charge in [0.25, 0.3) is 0 Å². The summed E-state index contributed by atoms with van der Waals surface area (Å²) in [5.74, 6) is 1.28. The fraction of sp³-hybridized carbons (Fsp3) is 0.318. The second-order valence-electron chi connectivity index (χ2n) is 6.99. The molecule has 1 aromatic heterocycles. The third kappa shape index (κ3) is 5.20. The quantitative estimate of drug-likeness (QED) is 0.501. The molecule has 9 heteroatoms. The highest BCUT2D eigenvalue weighted by Crippen LogP contribution is 2.28. The predicted octanol–water partition coefficient (Wildman–Crippen LogP) is 3.84. The summed E-state index contributed by atoms with van der Waals surface area (Å²) in [6, 6.07) is 17.1. The number of hydrogen-bond donors (Lipinski definition) is 0. The van der Waals surface area contributed by atoms with Crippen LogP contribution in [0.1, 0.15) is 12.7 Å². The van der Waals surface area contributed by atoms with Crippen molar-refractivity contribution in [2.24, 2.45) is 0 Å². The van der Waals surface area contributed by atoms with Crippen molar-refractivity contribution in [3.05, 3.63) is 65.4 Å². The monoisotopic (exact) mass is 458 g/mol. The lowest BCUT2D eigenvalue weighted by Gasteiger charge is -2.28. The first-order chi connectivity index (χ1) is 15.1. The molecule has 1 amide bonds. The average Bonchev–Trinajstić information content (AvgIpc) is 3.21. The number of benzene rings is 2. The Labute approximate surface area is 190 Å². The Balaban J connectivity index is 1.56. The number of para-hydroxylation sites is 2. The highest BCUT2D eigenvalue weighted by Gasteiger charge is 2.26. The zero-order valence-electron chi connectivity index (χ0n) is 17.1. The molecule has 0 aliphatic carbocycles. The van der Waals surface area contributed by atoms with Gasteiger partial charge in [0.2, 0.25) is 5.91 Å². The third-order valence-corrected chi connectivity index (χ3v) is 6.20. The Morgan fingerprint density at radius 2 is 1.84 bits per heavy atom. The van der Waals surface area contributed by atoms with Gasteiger partial charge in [-0.15, -0.1) is 10.2 Å². The number of amides is 1. The highest BCUT2D eigenvalue weighted by atomic mass is 35.5. The number of hydrogen-bond acceptors (Lipinski definition) is 6. The fourth-order valence-corrected chi connectivity index (χ4v) is 4.42. The van der Waals surface area contributed by atoms with E-state index < -0.39 is 0 Å². The van der Waals surface area contributed by atoms with Crippen molar-refractivity contribution in [3.63, 3.8) is 0 Å². The Morgan fingerprint density at radius 1 is 1.13 bits per heavy atom. The smallest absolute Gasteiger partial charge is 0.236 e. The summed E-state index contributed by atoms with van der Waals surface area (Å²) >= 11 is 7.60. The van der Waals surface area contributed by atoms with Crippen molar-refractivity contribution in [1.82, 2.24) is 19.7 Å². The van der Waals surface area contributed by atoms with E-state index in [0.717, 1.165) is 5.69 Å². The zero-order valence-corrected chi connectivity index (χ0v) is 18.7. The number of carbonyl (C=O) groups excluding carboxylic acids is 1. The molecule has 7 nitrogen and oxygen atoms in total. The largest absolute Gasteiger partial charge is 0.484 e. The van der Waals surface area contributed by atoms with Crippen molar-refractivity contribution in [2.45, 2.75) is 23.9 Å². The summed E-state index contributed by atoms with van der Waals surface area (Å²) in [5.41, 5.74) is 0.902. The van der Waals surface area contributed by atoms with Crippen molar-refractivity contribution >= 4 is 29.3 Å². The normalized spacial score (nSPS) is 15.0. The number of thioether (sulfide) groups is 1. The van der Waals surface area contributed by atoms with Gasteiger partial charge in [-0.3, -0.25) is 9.36 Å². The summed E-state index contributed by atoms with van der Waals surface area (Å²) in [6.07, 6.45) is 0. The van der Waals surface area contributed by atoms with E-state index in [4.69, 9.17) is 21.1 Å². The summed E-state index contributed by atoms with van der Waals surface area (Å²) < 4.78 is 13.2. The molecule has 1 unspecified atom stereocenters. The van der Waals surface area contributed by atoms with Crippen LogP contribution >= 0.6 is 23.4 Å². The summed E-state index contributed by atoms with van der Waals surface area (Å²) in [4.78, 5) is 14.7. The van der Waals surface area contributed by atoms with Crippen LogP contribution in [0.3, 0.4) is 0 Å². The van der Waals surface area contributed by atoms with Crippen LogP contribution in [0.15, 0.2) is 59.8 Å². The van der Waals surface area contributed by atoms with E-state index in [9.17, 15) is 4.79 Å². The van der Waals surface area contributed by atoms with Crippen molar-refractivity contribution in [3.8, 4) is 11.4 Å². The minimum absolute atomic E-state index is 0.0739. The molecule has 0 N–H and O–H groups in total. The average molecular weight is 459 g/mol. The van der Waals surface area contributed by atoms with Crippen molar-refractivity contribution in [1.29, 1.82) is 0 Å². The second-order valence-corrected chi connectivity index (χ2v) is 8.70. The Kier molecular flexibility index (Phi) is 7.11. The highest BCUT2D eigenvalue weighted by molar-refractivity contribution is 8.00. The predicted molar refractivity (Wildman–Crippen MR) is 120 cm³/mol. The first-order valence-corrected chi connectivity index (χ1v) is 11.3. The lowest BCUT2D eigenvalue weighted by atomic mass is 10.3. The maximum Gasteiger partial charge on any atom is 0.236 e. The van der Waals surface area contributed by atoms with Gasteiger partial charge in [-0.2, -0.15) is 0 Å². The van der Waals surface area contributed by atoms with Crippen LogP contribution in [0.25, 0.3) is 5.69 Å². The van der Waals surface area contributed by atoms with Crippen LogP contribution in [0, 0.1) is 0 Å². The van der Waals surface area contributed by atoms with Crippen molar-refractivity contribution in [2.75, 3.05) is 26.3 Å². The Bertz CT molecular complexity index is 1020. The first kappa shape index (κ1) is 21.7. The van der Waals surface area contributed by atoms with Crippen LogP contribution < -0.4 is 4.74 Å². The van der Waals surface area contributed by atoms with E-state index in [1.54, 1.807) is 6.07 Å².